The third kappa shape index (κ3) is 5.50. The van der Waals surface area contributed by atoms with Crippen molar-refractivity contribution in [3.63, 3.8) is 0 Å². The Bertz CT molecular complexity index is 1590. The zero-order valence-corrected chi connectivity index (χ0v) is 26.9. The third-order valence-electron chi connectivity index (χ3n) is 10.0. The molecular formula is C35H43N9O. The number of hydrogen-bond donors (Lipinski definition) is 2. The molecule has 2 heterocycles. The summed E-state index contributed by atoms with van der Waals surface area (Å²) in [5, 5.41) is 29.5. The highest BCUT2D eigenvalue weighted by Crippen LogP contribution is 2.54. The molecule has 1 saturated carbocycles. The molecule has 6 rings (SSSR count). The Morgan fingerprint density at radius 1 is 1.07 bits per heavy atom. The van der Waals surface area contributed by atoms with Crippen LogP contribution in [0, 0.1) is 11.3 Å². The van der Waals surface area contributed by atoms with Crippen molar-refractivity contribution >= 4 is 11.6 Å². The monoisotopic (exact) mass is 605 g/mol. The molecule has 3 aromatic rings. The summed E-state index contributed by atoms with van der Waals surface area (Å²) in [6, 6.07) is 15.1. The van der Waals surface area contributed by atoms with Gasteiger partial charge in [0.15, 0.2) is 5.82 Å². The summed E-state index contributed by atoms with van der Waals surface area (Å²) in [6.07, 6.45) is 6.21. The number of nitrogens with zero attached hydrogens (tertiary/aromatic N) is 7. The molecule has 1 aliphatic heterocycles. The molecule has 0 spiro atoms. The number of amides is 1. The molecule has 2 aromatic carbocycles. The van der Waals surface area contributed by atoms with Crippen molar-refractivity contribution < 1.29 is 4.79 Å². The summed E-state index contributed by atoms with van der Waals surface area (Å²) >= 11 is 0. The van der Waals surface area contributed by atoms with Crippen LogP contribution < -0.4 is 5.32 Å². The van der Waals surface area contributed by atoms with E-state index in [1.165, 1.54) is 5.56 Å². The maximum Gasteiger partial charge on any atom is 0.253 e. The minimum atomic E-state index is -0.698. The Hall–Kier alpha value is -4.49. The Morgan fingerprint density at radius 2 is 1.73 bits per heavy atom. The van der Waals surface area contributed by atoms with Crippen molar-refractivity contribution in [3.8, 4) is 6.07 Å². The SMILES string of the molecule is C=C(c1ccc2c(c1)CCc1cc(C(=O)N(C)C)ccc1C2(CC1(NCC(=C)N2CCCC2C#N)CC1)c1nnn[nH]1)N(C)C. The summed E-state index contributed by atoms with van der Waals surface area (Å²) in [5.41, 5.74) is 7.40. The van der Waals surface area contributed by atoms with Gasteiger partial charge in [-0.15, -0.1) is 5.10 Å². The highest BCUT2D eigenvalue weighted by atomic mass is 16.2. The first kappa shape index (κ1) is 30.5. The van der Waals surface area contributed by atoms with Crippen molar-refractivity contribution in [1.82, 2.24) is 40.6 Å². The predicted molar refractivity (Wildman–Crippen MR) is 174 cm³/mol. The first-order valence-corrected chi connectivity index (χ1v) is 15.8. The van der Waals surface area contributed by atoms with Crippen LogP contribution in [0.4, 0.5) is 0 Å². The minimum Gasteiger partial charge on any atom is -0.378 e. The lowest BCUT2D eigenvalue weighted by Gasteiger charge is -2.38. The molecule has 2 N–H and O–H groups in total. The number of tetrazole rings is 1. The molecule has 10 nitrogen and oxygen atoms in total. The van der Waals surface area contributed by atoms with Crippen LogP contribution >= 0.6 is 0 Å². The summed E-state index contributed by atoms with van der Waals surface area (Å²) in [7, 11) is 7.58. The molecule has 1 saturated heterocycles. The number of H-pyrrole nitrogens is 1. The lowest BCUT2D eigenvalue weighted by atomic mass is 9.67. The molecule has 0 bridgehead atoms. The number of aromatic nitrogens is 4. The van der Waals surface area contributed by atoms with Crippen LogP contribution in [0.1, 0.15) is 76.1 Å². The third-order valence-corrected chi connectivity index (χ3v) is 10.0. The van der Waals surface area contributed by atoms with Crippen LogP contribution in [0.15, 0.2) is 55.3 Å². The number of carbonyl (C=O) groups excluding carboxylic acids is 1. The number of carbonyl (C=O) groups is 1. The van der Waals surface area contributed by atoms with E-state index in [0.29, 0.717) is 17.9 Å². The summed E-state index contributed by atoms with van der Waals surface area (Å²) < 4.78 is 0. The molecule has 0 radical (unpaired) electrons. The van der Waals surface area contributed by atoms with Crippen LogP contribution in [0.3, 0.4) is 0 Å². The molecule has 2 aliphatic carbocycles. The van der Waals surface area contributed by atoms with Crippen LogP contribution in [-0.4, -0.2) is 94.1 Å². The van der Waals surface area contributed by atoms with Gasteiger partial charge < -0.3 is 20.0 Å². The second-order valence-corrected chi connectivity index (χ2v) is 13.3. The van der Waals surface area contributed by atoms with E-state index in [2.05, 4.69) is 80.4 Å². The Kier molecular flexibility index (Phi) is 8.00. The van der Waals surface area contributed by atoms with Gasteiger partial charge in [0.2, 0.25) is 0 Å². The lowest BCUT2D eigenvalue weighted by Crippen LogP contribution is -2.45. The van der Waals surface area contributed by atoms with E-state index < -0.39 is 5.41 Å². The Morgan fingerprint density at radius 3 is 2.31 bits per heavy atom. The molecule has 1 aromatic heterocycles. The normalized spacial score (nSPS) is 21.2. The highest BCUT2D eigenvalue weighted by molar-refractivity contribution is 5.94. The molecule has 3 aliphatic rings. The maximum absolute atomic E-state index is 13.1. The van der Waals surface area contributed by atoms with Gasteiger partial charge in [0.05, 0.1) is 11.5 Å². The molecular weight excluding hydrogens is 562 g/mol. The van der Waals surface area contributed by atoms with Gasteiger partial charge in [-0.25, -0.2) is 5.10 Å². The zero-order chi connectivity index (χ0) is 31.9. The van der Waals surface area contributed by atoms with Gasteiger partial charge in [0, 0.05) is 63.8 Å². The number of aryl methyl sites for hydroxylation is 2. The van der Waals surface area contributed by atoms with Gasteiger partial charge in [-0.3, -0.25) is 4.79 Å². The fraction of sp³-hybridized carbons (Fsp3) is 0.457. The average molecular weight is 606 g/mol. The first-order valence-electron chi connectivity index (χ1n) is 15.8. The van der Waals surface area contributed by atoms with Gasteiger partial charge in [0.1, 0.15) is 6.04 Å². The number of nitriles is 1. The van der Waals surface area contributed by atoms with Gasteiger partial charge in [-0.05, 0) is 101 Å². The molecule has 234 valence electrons. The highest BCUT2D eigenvalue weighted by Gasteiger charge is 2.54. The first-order chi connectivity index (χ1) is 21.6. The van der Waals surface area contributed by atoms with Crippen molar-refractivity contribution in [1.29, 1.82) is 5.26 Å². The number of nitrogens with one attached hydrogen (secondary N) is 2. The standard InChI is InChI=1S/C35H43N9O/c1-23(44-17-7-8-29(44)20-36)21-37-34(15-16-34)22-35(33-38-40-41-39-33)30-13-11-25(24(2)42(3)4)18-26(30)9-10-27-19-28(12-14-31(27)35)32(45)43(5)6/h11-14,18-19,29,37H,1-2,7-10,15-17,21-22H2,3-6H3,(H,38,39,40,41). The minimum absolute atomic E-state index is 0.0208. The second-order valence-electron chi connectivity index (χ2n) is 13.3. The quantitative estimate of drug-likeness (QED) is 0.358. The Labute approximate surface area is 265 Å². The summed E-state index contributed by atoms with van der Waals surface area (Å²) in [6.45, 7) is 10.2. The lowest BCUT2D eigenvalue weighted by molar-refractivity contribution is 0.0827. The molecule has 10 heteroatoms. The van der Waals surface area contributed by atoms with E-state index in [1.54, 1.807) is 19.0 Å². The fourth-order valence-corrected chi connectivity index (χ4v) is 7.29. The number of benzene rings is 2. The maximum atomic E-state index is 13.1. The molecule has 45 heavy (non-hydrogen) atoms. The molecule has 2 unspecified atom stereocenters. The summed E-state index contributed by atoms with van der Waals surface area (Å²) in [5.74, 6) is 0.668. The summed E-state index contributed by atoms with van der Waals surface area (Å²) in [4.78, 5) is 18.9. The number of likely N-dealkylation sites (tertiary alicyclic amines) is 1. The number of rotatable bonds is 10. The van der Waals surface area contributed by atoms with E-state index >= 15 is 0 Å². The fourth-order valence-electron chi connectivity index (χ4n) is 7.29. The topological polar surface area (TPSA) is 117 Å². The van der Waals surface area contributed by atoms with Crippen molar-refractivity contribution in [3.05, 3.63) is 94.5 Å². The predicted octanol–water partition coefficient (Wildman–Crippen LogP) is 3.88. The van der Waals surface area contributed by atoms with Crippen LogP contribution in [0.5, 0.6) is 0 Å². The number of fused-ring (bicyclic) bond motifs is 2. The van der Waals surface area contributed by atoms with Crippen LogP contribution in [0.25, 0.3) is 5.70 Å². The van der Waals surface area contributed by atoms with Gasteiger partial charge in [-0.2, -0.15) is 5.26 Å². The van der Waals surface area contributed by atoms with Crippen molar-refractivity contribution in [2.45, 2.75) is 61.9 Å². The van der Waals surface area contributed by atoms with E-state index in [-0.39, 0.29) is 17.5 Å². The molecule has 2 atom stereocenters. The van der Waals surface area contributed by atoms with Crippen LogP contribution in [0.2, 0.25) is 0 Å². The Balaban J connectivity index is 1.46. The average Bonchev–Trinajstić information content (AvgIpc) is 3.39. The smallest absolute Gasteiger partial charge is 0.253 e. The number of hydrogen-bond acceptors (Lipinski definition) is 8. The largest absolute Gasteiger partial charge is 0.378 e. The van der Waals surface area contributed by atoms with Crippen LogP contribution in [-0.2, 0) is 18.3 Å². The van der Waals surface area contributed by atoms with Gasteiger partial charge in [0.25, 0.3) is 5.91 Å². The van der Waals surface area contributed by atoms with Crippen molar-refractivity contribution in [2.75, 3.05) is 41.3 Å². The second kappa shape index (κ2) is 11.8. The zero-order valence-electron chi connectivity index (χ0n) is 26.9. The van der Waals surface area contributed by atoms with E-state index in [0.717, 1.165) is 85.1 Å². The van der Waals surface area contributed by atoms with Crippen molar-refractivity contribution in [2.24, 2.45) is 0 Å². The van der Waals surface area contributed by atoms with Gasteiger partial charge in [-0.1, -0.05) is 31.4 Å². The number of aromatic amines is 1. The van der Waals surface area contributed by atoms with E-state index in [9.17, 15) is 10.1 Å². The molecule has 2 fully saturated rings. The van der Waals surface area contributed by atoms with E-state index in [4.69, 9.17) is 0 Å². The van der Waals surface area contributed by atoms with E-state index in [1.807, 2.05) is 25.1 Å². The van der Waals surface area contributed by atoms with Gasteiger partial charge >= 0.3 is 0 Å². The molecule has 1 amide bonds.